The summed E-state index contributed by atoms with van der Waals surface area (Å²) in [5, 5.41) is 2.94. The van der Waals surface area contributed by atoms with Crippen LogP contribution in [0.5, 0.6) is 0 Å². The van der Waals surface area contributed by atoms with Crippen LogP contribution in [-0.2, 0) is 6.54 Å². The third-order valence-electron chi connectivity index (χ3n) is 2.27. The molecule has 1 aromatic rings. The molecule has 0 bridgehead atoms. The molecule has 0 saturated carbocycles. The summed E-state index contributed by atoms with van der Waals surface area (Å²) in [6.45, 7) is 3.37. The zero-order valence-electron chi connectivity index (χ0n) is 7.82. The van der Waals surface area contributed by atoms with Gasteiger partial charge in [-0.05, 0) is 25.6 Å². The first-order valence-corrected chi connectivity index (χ1v) is 4.60. The molecular formula is C9H14N4. The smallest absolute Gasteiger partial charge is 0.222 e. The van der Waals surface area contributed by atoms with Crippen LogP contribution in [-0.4, -0.2) is 35.0 Å². The van der Waals surface area contributed by atoms with Crippen molar-refractivity contribution in [3.05, 3.63) is 18.0 Å². The molecule has 2 heterocycles. The topological polar surface area (TPSA) is 41.1 Å². The maximum Gasteiger partial charge on any atom is 0.222 e. The van der Waals surface area contributed by atoms with Crippen LogP contribution in [0.2, 0.25) is 0 Å². The highest BCUT2D eigenvalue weighted by molar-refractivity contribution is 5.23. The van der Waals surface area contributed by atoms with E-state index in [0.29, 0.717) is 5.95 Å². The lowest BCUT2D eigenvalue weighted by atomic mass is 10.2. The van der Waals surface area contributed by atoms with Gasteiger partial charge >= 0.3 is 0 Å². The van der Waals surface area contributed by atoms with Gasteiger partial charge in [0.05, 0.1) is 5.69 Å². The summed E-state index contributed by atoms with van der Waals surface area (Å²) in [5.74, 6) is 0.707. The van der Waals surface area contributed by atoms with Crippen LogP contribution in [0, 0.1) is 0 Å². The molecule has 0 amide bonds. The van der Waals surface area contributed by atoms with Crippen molar-refractivity contribution in [3.63, 3.8) is 0 Å². The fraction of sp³-hybridized carbons (Fsp3) is 0.556. The number of nitrogens with zero attached hydrogens (tertiary/aromatic N) is 3. The molecule has 0 unspecified atom stereocenters. The quantitative estimate of drug-likeness (QED) is 0.740. The van der Waals surface area contributed by atoms with Crippen LogP contribution >= 0.6 is 0 Å². The zero-order chi connectivity index (χ0) is 9.10. The van der Waals surface area contributed by atoms with Crippen molar-refractivity contribution in [2.24, 2.45) is 0 Å². The highest BCUT2D eigenvalue weighted by Gasteiger charge is 2.14. The van der Waals surface area contributed by atoms with E-state index in [9.17, 15) is 0 Å². The Kier molecular flexibility index (Phi) is 2.40. The van der Waals surface area contributed by atoms with E-state index in [1.165, 1.54) is 19.5 Å². The maximum absolute atomic E-state index is 4.35. The van der Waals surface area contributed by atoms with Gasteiger partial charge in [0, 0.05) is 19.8 Å². The molecule has 70 valence electrons. The second-order valence-corrected chi connectivity index (χ2v) is 3.25. The van der Waals surface area contributed by atoms with Gasteiger partial charge in [0.25, 0.3) is 0 Å². The van der Waals surface area contributed by atoms with Gasteiger partial charge in [0.1, 0.15) is 0 Å². The molecule has 4 heteroatoms. The molecule has 0 radical (unpaired) electrons. The highest BCUT2D eigenvalue weighted by atomic mass is 15.2. The first-order valence-electron chi connectivity index (χ1n) is 4.60. The Morgan fingerprint density at radius 3 is 3.00 bits per heavy atom. The van der Waals surface area contributed by atoms with Crippen LogP contribution in [0.3, 0.4) is 0 Å². The second kappa shape index (κ2) is 3.70. The van der Waals surface area contributed by atoms with Gasteiger partial charge in [-0.3, -0.25) is 4.90 Å². The summed E-state index contributed by atoms with van der Waals surface area (Å²) < 4.78 is 0. The van der Waals surface area contributed by atoms with E-state index >= 15 is 0 Å². The average molecular weight is 178 g/mol. The summed E-state index contributed by atoms with van der Waals surface area (Å²) in [5.41, 5.74) is 1.10. The SMILES string of the molecule is CNc1nccc(CN2CCC2)n1. The summed E-state index contributed by atoms with van der Waals surface area (Å²) in [6, 6.07) is 1.97. The third kappa shape index (κ3) is 1.95. The Labute approximate surface area is 78.0 Å². The fourth-order valence-corrected chi connectivity index (χ4v) is 1.37. The normalized spacial score (nSPS) is 16.7. The van der Waals surface area contributed by atoms with Crippen molar-refractivity contribution in [1.82, 2.24) is 14.9 Å². The van der Waals surface area contributed by atoms with Crippen LogP contribution in [0.4, 0.5) is 5.95 Å². The average Bonchev–Trinajstić information content (AvgIpc) is 2.12. The van der Waals surface area contributed by atoms with E-state index in [2.05, 4.69) is 20.2 Å². The zero-order valence-corrected chi connectivity index (χ0v) is 7.82. The summed E-state index contributed by atoms with van der Waals surface area (Å²) in [7, 11) is 1.84. The Morgan fingerprint density at radius 2 is 2.38 bits per heavy atom. The van der Waals surface area contributed by atoms with Crippen LogP contribution in [0.15, 0.2) is 12.3 Å². The summed E-state index contributed by atoms with van der Waals surface area (Å²) in [4.78, 5) is 10.8. The van der Waals surface area contributed by atoms with Gasteiger partial charge in [-0.25, -0.2) is 9.97 Å². The van der Waals surface area contributed by atoms with Gasteiger partial charge in [-0.15, -0.1) is 0 Å². The Balaban J connectivity index is 2.01. The first-order chi connectivity index (χ1) is 6.38. The van der Waals surface area contributed by atoms with Crippen molar-refractivity contribution >= 4 is 5.95 Å². The molecular weight excluding hydrogens is 164 g/mol. The Morgan fingerprint density at radius 1 is 1.54 bits per heavy atom. The van der Waals surface area contributed by atoms with E-state index in [1.54, 1.807) is 6.20 Å². The Hall–Kier alpha value is -1.16. The van der Waals surface area contributed by atoms with Gasteiger partial charge in [0.2, 0.25) is 5.95 Å². The van der Waals surface area contributed by atoms with Crippen LogP contribution in [0.25, 0.3) is 0 Å². The van der Waals surface area contributed by atoms with E-state index in [-0.39, 0.29) is 0 Å². The summed E-state index contributed by atoms with van der Waals surface area (Å²) >= 11 is 0. The molecule has 0 spiro atoms. The molecule has 0 aliphatic carbocycles. The van der Waals surface area contributed by atoms with Crippen LogP contribution in [0.1, 0.15) is 12.1 Å². The van der Waals surface area contributed by atoms with E-state index in [0.717, 1.165) is 12.2 Å². The third-order valence-corrected chi connectivity index (χ3v) is 2.27. The number of nitrogens with one attached hydrogen (secondary N) is 1. The first kappa shape index (κ1) is 8.44. The lowest BCUT2D eigenvalue weighted by Crippen LogP contribution is -2.36. The van der Waals surface area contributed by atoms with E-state index < -0.39 is 0 Å². The van der Waals surface area contributed by atoms with Crippen LogP contribution < -0.4 is 5.32 Å². The van der Waals surface area contributed by atoms with Crippen molar-refractivity contribution in [2.45, 2.75) is 13.0 Å². The standard InChI is InChI=1S/C9H14N4/c1-10-9-11-4-3-8(12-9)7-13-5-2-6-13/h3-4H,2,5-7H2,1H3,(H,10,11,12). The lowest BCUT2D eigenvalue weighted by Gasteiger charge is -2.30. The molecule has 1 aliphatic rings. The van der Waals surface area contributed by atoms with Gasteiger partial charge < -0.3 is 5.32 Å². The molecule has 2 rings (SSSR count). The molecule has 1 N–H and O–H groups in total. The number of aromatic nitrogens is 2. The predicted octanol–water partition coefficient (Wildman–Crippen LogP) is 0.724. The molecule has 13 heavy (non-hydrogen) atoms. The lowest BCUT2D eigenvalue weighted by molar-refractivity contribution is 0.170. The molecule has 1 saturated heterocycles. The monoisotopic (exact) mass is 178 g/mol. The van der Waals surface area contributed by atoms with Crippen molar-refractivity contribution in [1.29, 1.82) is 0 Å². The fourth-order valence-electron chi connectivity index (χ4n) is 1.37. The van der Waals surface area contributed by atoms with E-state index in [4.69, 9.17) is 0 Å². The number of likely N-dealkylation sites (tertiary alicyclic amines) is 1. The van der Waals surface area contributed by atoms with Crippen molar-refractivity contribution < 1.29 is 0 Å². The number of hydrogen-bond acceptors (Lipinski definition) is 4. The van der Waals surface area contributed by atoms with Gasteiger partial charge in [-0.1, -0.05) is 0 Å². The van der Waals surface area contributed by atoms with Crippen molar-refractivity contribution in [3.8, 4) is 0 Å². The van der Waals surface area contributed by atoms with Gasteiger partial charge in [0.15, 0.2) is 0 Å². The van der Waals surface area contributed by atoms with Gasteiger partial charge in [-0.2, -0.15) is 0 Å². The number of hydrogen-bond donors (Lipinski definition) is 1. The molecule has 1 aromatic heterocycles. The molecule has 1 aliphatic heterocycles. The van der Waals surface area contributed by atoms with E-state index in [1.807, 2.05) is 13.1 Å². The molecule has 0 atom stereocenters. The second-order valence-electron chi connectivity index (χ2n) is 3.25. The largest absolute Gasteiger partial charge is 0.357 e. The van der Waals surface area contributed by atoms with Crippen molar-refractivity contribution in [2.75, 3.05) is 25.5 Å². The maximum atomic E-state index is 4.35. The minimum Gasteiger partial charge on any atom is -0.357 e. The number of anilines is 1. The molecule has 0 aromatic carbocycles. The predicted molar refractivity (Wildman–Crippen MR) is 51.5 cm³/mol. The summed E-state index contributed by atoms with van der Waals surface area (Å²) in [6.07, 6.45) is 3.12. The molecule has 4 nitrogen and oxygen atoms in total. The number of rotatable bonds is 3. The highest BCUT2D eigenvalue weighted by Crippen LogP contribution is 2.10. The minimum atomic E-state index is 0.707. The molecule has 1 fully saturated rings. The minimum absolute atomic E-state index is 0.707. The Bertz CT molecular complexity index is 283.